The molecule has 0 unspecified atom stereocenters. The minimum Gasteiger partial charge on any atom is -0.395 e. The number of anilines is 1. The number of nitrogens with two attached hydrogens (primary N) is 2. The number of nitrogens with zero attached hydrogens (tertiary/aromatic N) is 2. The number of aromatic nitrogens is 1. The van der Waals surface area contributed by atoms with Crippen LogP contribution in [0, 0.1) is 0 Å². The summed E-state index contributed by atoms with van der Waals surface area (Å²) in [6.45, 7) is 2.07. The summed E-state index contributed by atoms with van der Waals surface area (Å²) in [4.78, 5) is 27.7. The first-order valence-electron chi connectivity index (χ1n) is 9.50. The Balaban J connectivity index is 1.77. The van der Waals surface area contributed by atoms with E-state index in [2.05, 4.69) is 22.0 Å². The molecule has 0 saturated heterocycles. The summed E-state index contributed by atoms with van der Waals surface area (Å²) >= 11 is 0. The number of benzene rings is 2. The van der Waals surface area contributed by atoms with Crippen LogP contribution in [0.2, 0.25) is 0 Å². The van der Waals surface area contributed by atoms with Crippen molar-refractivity contribution in [3.05, 3.63) is 77.4 Å². The fourth-order valence-corrected chi connectivity index (χ4v) is 3.29. The number of nitrogens with one attached hydrogen (secondary N) is 1. The van der Waals surface area contributed by atoms with Crippen LogP contribution in [0.5, 0.6) is 0 Å². The van der Waals surface area contributed by atoms with E-state index in [0.717, 1.165) is 22.7 Å². The van der Waals surface area contributed by atoms with Gasteiger partial charge >= 0.3 is 0 Å². The number of H-pyrrole nitrogens is 1. The predicted molar refractivity (Wildman–Crippen MR) is 115 cm³/mol. The van der Waals surface area contributed by atoms with Crippen molar-refractivity contribution < 1.29 is 14.7 Å². The number of carbonyl (C=O) groups is 2. The lowest BCUT2D eigenvalue weighted by atomic mass is 10.1. The van der Waals surface area contributed by atoms with Gasteiger partial charge in [-0.2, -0.15) is 0 Å². The highest BCUT2D eigenvalue weighted by Crippen LogP contribution is 2.26. The standard InChI is InChI=1S/C22H25N5O3/c23-21(30)19-12-20(25-22(19)27(24)15-29)18-8-6-17(7-9-18)14-26(10-11-28)13-16-4-2-1-3-5-16/h1-9,12,15,25,28H,10-11,13-14,24H2,(H2,23,30). The second kappa shape index (κ2) is 9.84. The van der Waals surface area contributed by atoms with Gasteiger partial charge in [0.1, 0.15) is 5.82 Å². The molecule has 6 N–H and O–H groups in total. The minimum absolute atomic E-state index is 0.0817. The molecule has 8 heteroatoms. The number of primary amides is 1. The van der Waals surface area contributed by atoms with Gasteiger partial charge in [0.25, 0.3) is 5.91 Å². The maximum Gasteiger partial charge on any atom is 0.252 e. The number of hydrogen-bond donors (Lipinski definition) is 4. The zero-order valence-electron chi connectivity index (χ0n) is 16.5. The lowest BCUT2D eigenvalue weighted by molar-refractivity contribution is -0.107. The number of hydrazine groups is 1. The van der Waals surface area contributed by atoms with Crippen LogP contribution in [-0.4, -0.2) is 40.5 Å². The molecule has 0 aliphatic carbocycles. The van der Waals surface area contributed by atoms with Crippen molar-refractivity contribution in [1.82, 2.24) is 9.88 Å². The molecule has 156 valence electrons. The monoisotopic (exact) mass is 407 g/mol. The molecule has 0 aliphatic heterocycles. The second-order valence-corrected chi connectivity index (χ2v) is 6.94. The van der Waals surface area contributed by atoms with Crippen molar-refractivity contribution in [1.29, 1.82) is 0 Å². The lowest BCUT2D eigenvalue weighted by Gasteiger charge is -2.21. The van der Waals surface area contributed by atoms with Crippen molar-refractivity contribution in [3.63, 3.8) is 0 Å². The SMILES string of the molecule is NC(=O)c1cc(-c2ccc(CN(CCO)Cc3ccccc3)cc2)[nH]c1N(N)C=O. The molecule has 2 aromatic carbocycles. The zero-order chi connectivity index (χ0) is 21.5. The van der Waals surface area contributed by atoms with Gasteiger partial charge in [0, 0.05) is 25.3 Å². The Hall–Kier alpha value is -3.46. The molecular formula is C22H25N5O3. The number of rotatable bonds is 10. The summed E-state index contributed by atoms with van der Waals surface area (Å²) in [6.07, 6.45) is 0.396. The zero-order valence-corrected chi connectivity index (χ0v) is 16.5. The molecule has 3 rings (SSSR count). The number of aromatic amines is 1. The average molecular weight is 407 g/mol. The van der Waals surface area contributed by atoms with E-state index in [0.29, 0.717) is 25.2 Å². The van der Waals surface area contributed by atoms with Crippen molar-refractivity contribution >= 4 is 18.1 Å². The molecule has 0 radical (unpaired) electrons. The third kappa shape index (κ3) is 5.12. The van der Waals surface area contributed by atoms with E-state index in [9.17, 15) is 14.7 Å². The van der Waals surface area contributed by atoms with Crippen LogP contribution in [0.4, 0.5) is 5.82 Å². The minimum atomic E-state index is -0.679. The summed E-state index contributed by atoms with van der Waals surface area (Å²) in [7, 11) is 0. The smallest absolute Gasteiger partial charge is 0.252 e. The molecule has 3 aromatic rings. The van der Waals surface area contributed by atoms with Gasteiger partial charge in [-0.1, -0.05) is 54.6 Å². The first kappa shape index (κ1) is 21.3. The highest BCUT2D eigenvalue weighted by atomic mass is 16.3. The molecule has 0 bridgehead atoms. The lowest BCUT2D eigenvalue weighted by Crippen LogP contribution is -2.31. The van der Waals surface area contributed by atoms with Gasteiger partial charge in [-0.3, -0.25) is 14.5 Å². The molecule has 1 heterocycles. The Morgan fingerprint density at radius 1 is 1.03 bits per heavy atom. The van der Waals surface area contributed by atoms with Crippen LogP contribution < -0.4 is 16.6 Å². The molecule has 30 heavy (non-hydrogen) atoms. The molecule has 2 amide bonds. The quantitative estimate of drug-likeness (QED) is 0.176. The van der Waals surface area contributed by atoms with Crippen molar-refractivity contribution in [2.24, 2.45) is 11.6 Å². The Morgan fingerprint density at radius 2 is 1.67 bits per heavy atom. The van der Waals surface area contributed by atoms with Crippen LogP contribution in [0.3, 0.4) is 0 Å². The van der Waals surface area contributed by atoms with Gasteiger partial charge < -0.3 is 15.8 Å². The third-order valence-corrected chi connectivity index (χ3v) is 4.77. The number of amides is 2. The van der Waals surface area contributed by atoms with Crippen molar-refractivity contribution in [3.8, 4) is 11.3 Å². The van der Waals surface area contributed by atoms with Gasteiger partial charge in [-0.15, -0.1) is 0 Å². The van der Waals surface area contributed by atoms with Gasteiger partial charge in [0.15, 0.2) is 0 Å². The topological polar surface area (TPSA) is 129 Å². The molecular weight excluding hydrogens is 382 g/mol. The van der Waals surface area contributed by atoms with Gasteiger partial charge in [-0.25, -0.2) is 10.9 Å². The average Bonchev–Trinajstić information content (AvgIpc) is 3.20. The maximum atomic E-state index is 11.7. The van der Waals surface area contributed by atoms with E-state index < -0.39 is 5.91 Å². The van der Waals surface area contributed by atoms with Gasteiger partial charge in [-0.05, 0) is 22.8 Å². The Kier molecular flexibility index (Phi) is 6.97. The first-order chi connectivity index (χ1) is 14.5. The molecule has 0 fully saturated rings. The van der Waals surface area contributed by atoms with Crippen LogP contribution >= 0.6 is 0 Å². The molecule has 0 spiro atoms. The summed E-state index contributed by atoms with van der Waals surface area (Å²) in [5.74, 6) is 5.06. The van der Waals surface area contributed by atoms with E-state index in [4.69, 9.17) is 11.6 Å². The van der Waals surface area contributed by atoms with E-state index >= 15 is 0 Å². The molecule has 1 aromatic heterocycles. The number of aliphatic hydroxyl groups is 1. The van der Waals surface area contributed by atoms with E-state index in [-0.39, 0.29) is 18.0 Å². The van der Waals surface area contributed by atoms with Gasteiger partial charge in [0.05, 0.1) is 12.2 Å². The summed E-state index contributed by atoms with van der Waals surface area (Å²) in [5.41, 5.74) is 9.24. The van der Waals surface area contributed by atoms with Crippen LogP contribution in [-0.2, 0) is 17.9 Å². The fourth-order valence-electron chi connectivity index (χ4n) is 3.29. The normalized spacial score (nSPS) is 10.9. The Morgan fingerprint density at radius 3 is 2.23 bits per heavy atom. The summed E-state index contributed by atoms with van der Waals surface area (Å²) in [6, 6.07) is 19.5. The van der Waals surface area contributed by atoms with Crippen LogP contribution in [0.1, 0.15) is 21.5 Å². The molecule has 0 atom stereocenters. The van der Waals surface area contributed by atoms with E-state index in [1.807, 2.05) is 42.5 Å². The van der Waals surface area contributed by atoms with Crippen molar-refractivity contribution in [2.45, 2.75) is 13.1 Å². The van der Waals surface area contributed by atoms with Gasteiger partial charge in [0.2, 0.25) is 6.41 Å². The third-order valence-electron chi connectivity index (χ3n) is 4.77. The Bertz CT molecular complexity index is 986. The molecule has 0 aliphatic rings. The predicted octanol–water partition coefficient (Wildman–Crippen LogP) is 1.61. The number of hydrogen-bond acceptors (Lipinski definition) is 5. The molecule has 8 nitrogen and oxygen atoms in total. The maximum absolute atomic E-state index is 11.7. The second-order valence-electron chi connectivity index (χ2n) is 6.94. The summed E-state index contributed by atoms with van der Waals surface area (Å²) < 4.78 is 0. The number of aliphatic hydroxyl groups excluding tert-OH is 1. The van der Waals surface area contributed by atoms with Crippen LogP contribution in [0.15, 0.2) is 60.7 Å². The molecule has 0 saturated carbocycles. The van der Waals surface area contributed by atoms with E-state index in [1.165, 1.54) is 5.56 Å². The largest absolute Gasteiger partial charge is 0.395 e. The highest BCUT2D eigenvalue weighted by Gasteiger charge is 2.17. The van der Waals surface area contributed by atoms with E-state index in [1.54, 1.807) is 6.07 Å². The van der Waals surface area contributed by atoms with Crippen molar-refractivity contribution in [2.75, 3.05) is 18.2 Å². The first-order valence-corrected chi connectivity index (χ1v) is 9.50. The van der Waals surface area contributed by atoms with Crippen LogP contribution in [0.25, 0.3) is 11.3 Å². The summed E-state index contributed by atoms with van der Waals surface area (Å²) in [5, 5.41) is 10.2. The number of carbonyl (C=O) groups excluding carboxylic acids is 2. The highest BCUT2D eigenvalue weighted by molar-refractivity contribution is 6.01. The fraction of sp³-hybridized carbons (Fsp3) is 0.182. The Labute approximate surface area is 174 Å².